The maximum atomic E-state index is 11.7. The van der Waals surface area contributed by atoms with Crippen LogP contribution >= 0.6 is 27.3 Å². The molecule has 1 aromatic heterocycles. The van der Waals surface area contributed by atoms with Gasteiger partial charge in [0.25, 0.3) is 5.91 Å². The first kappa shape index (κ1) is 13.8. The SMILES string of the molecule is COc1ccc(Br)cc1/C=N/NC(=O)c1cccs1. The topological polar surface area (TPSA) is 50.7 Å². The third-order valence-corrected chi connectivity index (χ3v) is 3.67. The third kappa shape index (κ3) is 3.65. The summed E-state index contributed by atoms with van der Waals surface area (Å²) in [6.45, 7) is 0. The molecule has 0 atom stereocenters. The van der Waals surface area contributed by atoms with Gasteiger partial charge in [0.15, 0.2) is 0 Å². The Morgan fingerprint density at radius 3 is 3.00 bits per heavy atom. The number of thiophene rings is 1. The lowest BCUT2D eigenvalue weighted by Gasteiger charge is -2.04. The van der Waals surface area contributed by atoms with E-state index in [0.717, 1.165) is 10.0 Å². The van der Waals surface area contributed by atoms with E-state index in [1.165, 1.54) is 11.3 Å². The van der Waals surface area contributed by atoms with Crippen LogP contribution in [-0.2, 0) is 0 Å². The summed E-state index contributed by atoms with van der Waals surface area (Å²) in [4.78, 5) is 12.3. The number of hydrogen-bond acceptors (Lipinski definition) is 4. The average molecular weight is 339 g/mol. The zero-order chi connectivity index (χ0) is 13.7. The molecule has 1 aromatic carbocycles. The van der Waals surface area contributed by atoms with E-state index < -0.39 is 0 Å². The molecule has 0 unspecified atom stereocenters. The van der Waals surface area contributed by atoms with E-state index in [-0.39, 0.29) is 5.91 Å². The number of halogens is 1. The lowest BCUT2D eigenvalue weighted by molar-refractivity contribution is 0.0959. The Balaban J connectivity index is 2.07. The molecule has 0 aliphatic heterocycles. The molecular weight excluding hydrogens is 328 g/mol. The van der Waals surface area contributed by atoms with Crippen LogP contribution in [0.4, 0.5) is 0 Å². The van der Waals surface area contributed by atoms with Crippen molar-refractivity contribution >= 4 is 39.4 Å². The molecule has 2 rings (SSSR count). The van der Waals surface area contributed by atoms with Gasteiger partial charge in [0, 0.05) is 10.0 Å². The van der Waals surface area contributed by atoms with Gasteiger partial charge in [-0.3, -0.25) is 4.79 Å². The molecular formula is C13H11BrN2O2S. The van der Waals surface area contributed by atoms with Crippen molar-refractivity contribution in [2.75, 3.05) is 7.11 Å². The Bertz CT molecular complexity index is 597. The van der Waals surface area contributed by atoms with Crippen molar-refractivity contribution in [2.24, 2.45) is 5.10 Å². The second kappa shape index (κ2) is 6.49. The third-order valence-electron chi connectivity index (χ3n) is 2.31. The van der Waals surface area contributed by atoms with Gasteiger partial charge in [-0.1, -0.05) is 22.0 Å². The molecule has 0 aliphatic carbocycles. The van der Waals surface area contributed by atoms with Gasteiger partial charge in [0.1, 0.15) is 5.75 Å². The predicted molar refractivity (Wildman–Crippen MR) is 80.1 cm³/mol. The molecule has 0 radical (unpaired) electrons. The highest BCUT2D eigenvalue weighted by Gasteiger charge is 2.04. The first-order valence-corrected chi connectivity index (χ1v) is 7.08. The van der Waals surface area contributed by atoms with Gasteiger partial charge in [-0.15, -0.1) is 11.3 Å². The van der Waals surface area contributed by atoms with Gasteiger partial charge in [-0.2, -0.15) is 5.10 Å². The number of amides is 1. The molecule has 0 bridgehead atoms. The van der Waals surface area contributed by atoms with Crippen LogP contribution in [0.5, 0.6) is 5.75 Å². The molecule has 6 heteroatoms. The first-order chi connectivity index (χ1) is 9.20. The Labute approximate surface area is 123 Å². The van der Waals surface area contributed by atoms with Crippen LogP contribution in [0.1, 0.15) is 15.2 Å². The fourth-order valence-electron chi connectivity index (χ4n) is 1.43. The molecule has 1 amide bonds. The van der Waals surface area contributed by atoms with E-state index in [9.17, 15) is 4.79 Å². The molecule has 0 saturated carbocycles. The number of methoxy groups -OCH3 is 1. The summed E-state index contributed by atoms with van der Waals surface area (Å²) < 4.78 is 6.12. The lowest BCUT2D eigenvalue weighted by Crippen LogP contribution is -2.16. The Morgan fingerprint density at radius 1 is 1.47 bits per heavy atom. The van der Waals surface area contributed by atoms with Gasteiger partial charge in [-0.05, 0) is 29.6 Å². The molecule has 19 heavy (non-hydrogen) atoms. The van der Waals surface area contributed by atoms with Gasteiger partial charge in [0.2, 0.25) is 0 Å². The molecule has 98 valence electrons. The number of nitrogens with zero attached hydrogens (tertiary/aromatic N) is 1. The smallest absolute Gasteiger partial charge is 0.281 e. The molecule has 4 nitrogen and oxygen atoms in total. The molecule has 0 saturated heterocycles. The second-order valence-corrected chi connectivity index (χ2v) is 5.43. The van der Waals surface area contributed by atoms with E-state index in [0.29, 0.717) is 10.6 Å². The van der Waals surface area contributed by atoms with Gasteiger partial charge in [0.05, 0.1) is 18.2 Å². The van der Waals surface area contributed by atoms with Gasteiger partial charge >= 0.3 is 0 Å². The lowest BCUT2D eigenvalue weighted by atomic mass is 10.2. The number of nitrogens with one attached hydrogen (secondary N) is 1. The monoisotopic (exact) mass is 338 g/mol. The van der Waals surface area contributed by atoms with Crippen LogP contribution in [0.2, 0.25) is 0 Å². The van der Waals surface area contributed by atoms with Crippen molar-refractivity contribution in [3.05, 3.63) is 50.6 Å². The van der Waals surface area contributed by atoms with Crippen LogP contribution in [-0.4, -0.2) is 19.2 Å². The van der Waals surface area contributed by atoms with E-state index in [4.69, 9.17) is 4.74 Å². The number of carbonyl (C=O) groups is 1. The molecule has 0 fully saturated rings. The average Bonchev–Trinajstić information content (AvgIpc) is 2.93. The van der Waals surface area contributed by atoms with Gasteiger partial charge < -0.3 is 4.74 Å². The summed E-state index contributed by atoms with van der Waals surface area (Å²) in [6.07, 6.45) is 1.55. The number of benzene rings is 1. The fraction of sp³-hybridized carbons (Fsp3) is 0.0769. The number of hydrogen-bond donors (Lipinski definition) is 1. The minimum absolute atomic E-state index is 0.222. The summed E-state index contributed by atoms with van der Waals surface area (Å²) in [5.74, 6) is 0.470. The maximum absolute atomic E-state index is 11.7. The van der Waals surface area contributed by atoms with E-state index >= 15 is 0 Å². The maximum Gasteiger partial charge on any atom is 0.281 e. The number of hydrazone groups is 1. The zero-order valence-corrected chi connectivity index (χ0v) is 12.5. The second-order valence-electron chi connectivity index (χ2n) is 3.56. The van der Waals surface area contributed by atoms with Crippen LogP contribution in [0.25, 0.3) is 0 Å². The van der Waals surface area contributed by atoms with E-state index in [1.807, 2.05) is 29.6 Å². The molecule has 1 N–H and O–H groups in total. The summed E-state index contributed by atoms with van der Waals surface area (Å²) >= 11 is 4.74. The highest BCUT2D eigenvalue weighted by atomic mass is 79.9. The van der Waals surface area contributed by atoms with Crippen LogP contribution in [0.15, 0.2) is 45.3 Å². The summed E-state index contributed by atoms with van der Waals surface area (Å²) in [5, 5.41) is 5.77. The highest BCUT2D eigenvalue weighted by molar-refractivity contribution is 9.10. The number of rotatable bonds is 4. The fourth-order valence-corrected chi connectivity index (χ4v) is 2.42. The number of carbonyl (C=O) groups excluding carboxylic acids is 1. The normalized spacial score (nSPS) is 10.6. The quantitative estimate of drug-likeness (QED) is 0.687. The van der Waals surface area contributed by atoms with Crippen molar-refractivity contribution in [2.45, 2.75) is 0 Å². The summed E-state index contributed by atoms with van der Waals surface area (Å²) in [7, 11) is 1.59. The Hall–Kier alpha value is -1.66. The zero-order valence-electron chi connectivity index (χ0n) is 10.1. The van der Waals surface area contributed by atoms with Crippen molar-refractivity contribution < 1.29 is 9.53 Å². The minimum Gasteiger partial charge on any atom is -0.496 e. The largest absolute Gasteiger partial charge is 0.496 e. The van der Waals surface area contributed by atoms with Crippen molar-refractivity contribution in [1.29, 1.82) is 0 Å². The Kier molecular flexibility index (Phi) is 4.70. The minimum atomic E-state index is -0.222. The highest BCUT2D eigenvalue weighted by Crippen LogP contribution is 2.21. The molecule has 2 aromatic rings. The van der Waals surface area contributed by atoms with Crippen molar-refractivity contribution in [3.8, 4) is 5.75 Å². The predicted octanol–water partition coefficient (Wildman–Crippen LogP) is 3.28. The van der Waals surface area contributed by atoms with Crippen LogP contribution < -0.4 is 10.2 Å². The van der Waals surface area contributed by atoms with Crippen LogP contribution in [0, 0.1) is 0 Å². The standard InChI is InChI=1S/C13H11BrN2O2S/c1-18-11-5-4-10(14)7-9(11)8-15-16-13(17)12-3-2-6-19-12/h2-8H,1H3,(H,16,17)/b15-8+. The van der Waals surface area contributed by atoms with Crippen LogP contribution in [0.3, 0.4) is 0 Å². The van der Waals surface area contributed by atoms with Gasteiger partial charge in [-0.25, -0.2) is 5.43 Å². The van der Waals surface area contributed by atoms with E-state index in [2.05, 4.69) is 26.5 Å². The Morgan fingerprint density at radius 2 is 2.32 bits per heavy atom. The van der Waals surface area contributed by atoms with Crippen molar-refractivity contribution in [1.82, 2.24) is 5.43 Å². The molecule has 1 heterocycles. The number of ether oxygens (including phenoxy) is 1. The first-order valence-electron chi connectivity index (χ1n) is 5.41. The van der Waals surface area contributed by atoms with Crippen molar-refractivity contribution in [3.63, 3.8) is 0 Å². The molecule has 0 spiro atoms. The molecule has 0 aliphatic rings. The summed E-state index contributed by atoms with van der Waals surface area (Å²) in [5.41, 5.74) is 3.26. The van der Waals surface area contributed by atoms with E-state index in [1.54, 1.807) is 19.4 Å². The summed E-state index contributed by atoms with van der Waals surface area (Å²) in [6, 6.07) is 9.13.